The lowest BCUT2D eigenvalue weighted by Crippen LogP contribution is -2.55. The van der Waals surface area contributed by atoms with E-state index in [1.807, 2.05) is 0 Å². The molecule has 1 aliphatic rings. The Morgan fingerprint density at radius 1 is 1.14 bits per heavy atom. The second-order valence-electron chi connectivity index (χ2n) is 6.64. The molecule has 1 saturated heterocycles. The Labute approximate surface area is 168 Å². The van der Waals surface area contributed by atoms with Crippen molar-refractivity contribution in [1.82, 2.24) is 14.5 Å². The zero-order chi connectivity index (χ0) is 21.6. The molecule has 1 aliphatic heterocycles. The van der Waals surface area contributed by atoms with E-state index in [-0.39, 0.29) is 44.6 Å². The second-order valence-corrected chi connectivity index (χ2v) is 8.62. The van der Waals surface area contributed by atoms with Crippen LogP contribution in [-0.2, 0) is 24.3 Å². The summed E-state index contributed by atoms with van der Waals surface area (Å²) in [6.45, 7) is 0.653. The van der Waals surface area contributed by atoms with Crippen LogP contribution in [-0.4, -0.2) is 81.0 Å². The largest absolute Gasteiger partial charge is 0.469 e. The number of esters is 1. The number of nitrogens with zero attached hydrogens (tertiary/aromatic N) is 2. The highest BCUT2D eigenvalue weighted by Gasteiger charge is 2.31. The van der Waals surface area contributed by atoms with Crippen molar-refractivity contribution in [3.63, 3.8) is 0 Å². The van der Waals surface area contributed by atoms with Crippen molar-refractivity contribution < 1.29 is 31.9 Å². The fraction of sp³-hybridized carbons (Fsp3) is 0.500. The first-order valence-electron chi connectivity index (χ1n) is 8.99. The molecule has 0 aliphatic carbocycles. The van der Waals surface area contributed by atoms with Crippen LogP contribution in [0.15, 0.2) is 24.3 Å². The number of carbonyl (C=O) groups is 3. The minimum absolute atomic E-state index is 0.0186. The normalized spacial score (nSPS) is 16.2. The van der Waals surface area contributed by atoms with Gasteiger partial charge in [-0.15, -0.1) is 0 Å². The summed E-state index contributed by atoms with van der Waals surface area (Å²) in [7, 11) is -2.12. The summed E-state index contributed by atoms with van der Waals surface area (Å²) in [6, 6.07) is 3.83. The van der Waals surface area contributed by atoms with Crippen LogP contribution in [0.25, 0.3) is 0 Å². The first kappa shape index (κ1) is 22.8. The third-order valence-electron chi connectivity index (χ3n) is 4.59. The Morgan fingerprint density at radius 3 is 2.24 bits per heavy atom. The number of hydrogen-bond acceptors (Lipinski definition) is 6. The maximum absolute atomic E-state index is 13.1. The fourth-order valence-electron chi connectivity index (χ4n) is 2.92. The van der Waals surface area contributed by atoms with Gasteiger partial charge >= 0.3 is 5.97 Å². The van der Waals surface area contributed by atoms with Crippen LogP contribution < -0.4 is 5.32 Å². The smallest absolute Gasteiger partial charge is 0.305 e. The standard InChI is InChI=1S/C18H24FN3O6S/c1-28-16(23)8-7-15(20-17(24)13-3-5-14(19)6-4-13)18(25)21-9-11-22(12-10-21)29(2,26)27/h3-6,15H,7-12H2,1-2H3,(H,20,24). The fourth-order valence-corrected chi connectivity index (χ4v) is 3.75. The molecule has 2 amide bonds. The molecule has 1 fully saturated rings. The lowest BCUT2D eigenvalue weighted by molar-refractivity contribution is -0.141. The average Bonchev–Trinajstić information content (AvgIpc) is 2.70. The van der Waals surface area contributed by atoms with Crippen molar-refractivity contribution >= 4 is 27.8 Å². The van der Waals surface area contributed by atoms with E-state index in [2.05, 4.69) is 10.1 Å². The first-order chi connectivity index (χ1) is 13.6. The molecular formula is C18H24FN3O6S. The average molecular weight is 429 g/mol. The van der Waals surface area contributed by atoms with E-state index in [0.717, 1.165) is 18.4 Å². The number of ether oxygens (including phenoxy) is 1. The van der Waals surface area contributed by atoms with E-state index in [0.29, 0.717) is 0 Å². The molecule has 0 aromatic heterocycles. The number of nitrogens with one attached hydrogen (secondary N) is 1. The highest BCUT2D eigenvalue weighted by molar-refractivity contribution is 7.88. The topological polar surface area (TPSA) is 113 Å². The lowest BCUT2D eigenvalue weighted by atomic mass is 10.1. The molecule has 1 atom stereocenters. The molecule has 0 radical (unpaired) electrons. The Balaban J connectivity index is 2.08. The number of carbonyl (C=O) groups excluding carboxylic acids is 3. The summed E-state index contributed by atoms with van der Waals surface area (Å²) in [4.78, 5) is 38.3. The lowest BCUT2D eigenvalue weighted by Gasteiger charge is -2.35. The zero-order valence-corrected chi connectivity index (χ0v) is 17.1. The van der Waals surface area contributed by atoms with Gasteiger partial charge in [0.2, 0.25) is 15.9 Å². The Morgan fingerprint density at radius 2 is 1.72 bits per heavy atom. The summed E-state index contributed by atoms with van der Waals surface area (Å²) in [5.74, 6) is -2.02. The number of hydrogen-bond donors (Lipinski definition) is 1. The molecular weight excluding hydrogens is 405 g/mol. The summed E-state index contributed by atoms with van der Waals surface area (Å²) in [5, 5.41) is 2.58. The SMILES string of the molecule is COC(=O)CCC(NC(=O)c1ccc(F)cc1)C(=O)N1CCN(S(C)(=O)=O)CC1. The van der Waals surface area contributed by atoms with Gasteiger partial charge in [-0.2, -0.15) is 4.31 Å². The predicted octanol–water partition coefficient (Wildman–Crippen LogP) is -0.0189. The van der Waals surface area contributed by atoms with Gasteiger partial charge in [-0.25, -0.2) is 12.8 Å². The monoisotopic (exact) mass is 429 g/mol. The highest BCUT2D eigenvalue weighted by atomic mass is 32.2. The molecule has 160 valence electrons. The van der Waals surface area contributed by atoms with Gasteiger partial charge < -0.3 is 15.0 Å². The molecule has 1 aromatic rings. The second kappa shape index (κ2) is 9.79. The van der Waals surface area contributed by atoms with Gasteiger partial charge in [0, 0.05) is 38.2 Å². The van der Waals surface area contributed by atoms with Gasteiger partial charge in [-0.05, 0) is 30.7 Å². The number of halogens is 1. The summed E-state index contributed by atoms with van der Waals surface area (Å²) in [5.41, 5.74) is 0.171. The van der Waals surface area contributed by atoms with Crippen LogP contribution in [0.4, 0.5) is 4.39 Å². The van der Waals surface area contributed by atoms with E-state index in [9.17, 15) is 27.2 Å². The Hall–Kier alpha value is -2.53. The molecule has 1 heterocycles. The predicted molar refractivity (Wildman–Crippen MR) is 102 cm³/mol. The van der Waals surface area contributed by atoms with E-state index in [4.69, 9.17) is 0 Å². The third kappa shape index (κ3) is 6.50. The van der Waals surface area contributed by atoms with Gasteiger partial charge in [-0.1, -0.05) is 0 Å². The molecule has 11 heteroatoms. The molecule has 9 nitrogen and oxygen atoms in total. The van der Waals surface area contributed by atoms with E-state index in [1.54, 1.807) is 0 Å². The van der Waals surface area contributed by atoms with Crippen LogP contribution in [0.3, 0.4) is 0 Å². The quantitative estimate of drug-likeness (QED) is 0.610. The maximum atomic E-state index is 13.1. The number of piperazine rings is 1. The van der Waals surface area contributed by atoms with Crippen LogP contribution >= 0.6 is 0 Å². The molecule has 1 aromatic carbocycles. The van der Waals surface area contributed by atoms with Crippen LogP contribution in [0.2, 0.25) is 0 Å². The minimum Gasteiger partial charge on any atom is -0.469 e. The number of benzene rings is 1. The number of sulfonamides is 1. The molecule has 0 bridgehead atoms. The summed E-state index contributed by atoms with van der Waals surface area (Å²) in [6.07, 6.45) is 1.04. The molecule has 0 spiro atoms. The van der Waals surface area contributed by atoms with Gasteiger partial charge in [-0.3, -0.25) is 14.4 Å². The molecule has 2 rings (SSSR count). The van der Waals surface area contributed by atoms with Crippen molar-refractivity contribution in [3.8, 4) is 0 Å². The van der Waals surface area contributed by atoms with Crippen molar-refractivity contribution in [2.45, 2.75) is 18.9 Å². The molecule has 29 heavy (non-hydrogen) atoms. The van der Waals surface area contributed by atoms with E-state index < -0.39 is 39.7 Å². The molecule has 1 unspecified atom stereocenters. The molecule has 1 N–H and O–H groups in total. The van der Waals surface area contributed by atoms with Gasteiger partial charge in [0.25, 0.3) is 5.91 Å². The Kier molecular flexibility index (Phi) is 7.68. The van der Waals surface area contributed by atoms with Crippen LogP contribution in [0, 0.1) is 5.82 Å². The molecule has 0 saturated carbocycles. The van der Waals surface area contributed by atoms with Crippen LogP contribution in [0.1, 0.15) is 23.2 Å². The maximum Gasteiger partial charge on any atom is 0.305 e. The highest BCUT2D eigenvalue weighted by Crippen LogP contribution is 2.11. The summed E-state index contributed by atoms with van der Waals surface area (Å²) < 4.78 is 42.2. The zero-order valence-electron chi connectivity index (χ0n) is 16.3. The van der Waals surface area contributed by atoms with Gasteiger partial charge in [0.05, 0.1) is 13.4 Å². The third-order valence-corrected chi connectivity index (χ3v) is 5.90. The van der Waals surface area contributed by atoms with Crippen LogP contribution in [0.5, 0.6) is 0 Å². The van der Waals surface area contributed by atoms with Gasteiger partial charge in [0.1, 0.15) is 11.9 Å². The van der Waals surface area contributed by atoms with Crippen molar-refractivity contribution in [3.05, 3.63) is 35.6 Å². The van der Waals surface area contributed by atoms with Gasteiger partial charge in [0.15, 0.2) is 0 Å². The number of rotatable bonds is 7. The Bertz CT molecular complexity index is 851. The summed E-state index contributed by atoms with van der Waals surface area (Å²) >= 11 is 0. The van der Waals surface area contributed by atoms with Crippen molar-refractivity contribution in [1.29, 1.82) is 0 Å². The first-order valence-corrected chi connectivity index (χ1v) is 10.8. The minimum atomic E-state index is -3.34. The number of amides is 2. The van der Waals surface area contributed by atoms with E-state index >= 15 is 0 Å². The van der Waals surface area contributed by atoms with Crippen molar-refractivity contribution in [2.24, 2.45) is 0 Å². The van der Waals surface area contributed by atoms with E-state index in [1.165, 1.54) is 28.4 Å². The van der Waals surface area contributed by atoms with Crippen molar-refractivity contribution in [2.75, 3.05) is 39.5 Å². The number of methoxy groups -OCH3 is 1.